The number of hydrogen-bond acceptors (Lipinski definition) is 5. The highest BCUT2D eigenvalue weighted by atomic mass is 35.5. The molecule has 212 valence electrons. The van der Waals surface area contributed by atoms with Crippen LogP contribution in [0.25, 0.3) is 0 Å². The molecule has 9 heteroatoms. The number of benzene rings is 1. The number of carbonyl (C=O) groups excluding carboxylic acids is 3. The molecule has 1 saturated carbocycles. The number of rotatable bonds is 9. The van der Waals surface area contributed by atoms with E-state index in [1.165, 1.54) is 0 Å². The zero-order valence-electron chi connectivity index (χ0n) is 23.2. The molecule has 1 aromatic rings. The van der Waals surface area contributed by atoms with E-state index in [4.69, 9.17) is 21.1 Å². The Bertz CT molecular complexity index is 1160. The number of likely N-dealkylation sites (tertiary alicyclic amines) is 1. The van der Waals surface area contributed by atoms with Gasteiger partial charge in [-0.1, -0.05) is 56.5 Å². The summed E-state index contributed by atoms with van der Waals surface area (Å²) in [6, 6.07) is 4.54. The molecule has 39 heavy (non-hydrogen) atoms. The molecule has 2 saturated heterocycles. The summed E-state index contributed by atoms with van der Waals surface area (Å²) >= 11 is 6.27. The lowest BCUT2D eigenvalue weighted by Crippen LogP contribution is -2.58. The van der Waals surface area contributed by atoms with Crippen molar-refractivity contribution in [3.8, 4) is 0 Å². The van der Waals surface area contributed by atoms with Crippen molar-refractivity contribution in [3.63, 3.8) is 0 Å². The van der Waals surface area contributed by atoms with Crippen LogP contribution in [-0.4, -0.2) is 66.2 Å². The van der Waals surface area contributed by atoms with E-state index < -0.39 is 29.6 Å². The Morgan fingerprint density at radius 2 is 2.03 bits per heavy atom. The predicted octanol–water partition coefficient (Wildman–Crippen LogP) is 4.11. The van der Waals surface area contributed by atoms with Crippen molar-refractivity contribution in [3.05, 3.63) is 40.9 Å². The molecule has 0 aromatic heterocycles. The van der Waals surface area contributed by atoms with Crippen LogP contribution in [0.1, 0.15) is 52.0 Å². The number of nitrogens with one attached hydrogen (secondary N) is 2. The summed E-state index contributed by atoms with van der Waals surface area (Å²) in [5.74, 6) is -1.40. The van der Waals surface area contributed by atoms with Gasteiger partial charge in [-0.25, -0.2) is 0 Å². The van der Waals surface area contributed by atoms with Gasteiger partial charge in [0, 0.05) is 36.5 Å². The maximum absolute atomic E-state index is 14.0. The number of hydrogen-bond donors (Lipinski definition) is 2. The summed E-state index contributed by atoms with van der Waals surface area (Å²) in [5.41, 5.74) is 0.294. The Labute approximate surface area is 235 Å². The number of carbonyl (C=O) groups is 3. The maximum atomic E-state index is 14.0. The number of ether oxygens (including phenoxy) is 2. The molecular formula is C30H40ClN3O5. The van der Waals surface area contributed by atoms with Crippen molar-refractivity contribution >= 4 is 35.0 Å². The Morgan fingerprint density at radius 3 is 2.77 bits per heavy atom. The molecule has 5 rings (SSSR count). The Hall–Kier alpha value is -2.42. The average Bonchev–Trinajstić information content (AvgIpc) is 3.54. The SMILES string of the molecule is CCOCCCN1C(=O)[C@H]2[C@H](C(=O)Nc3ccc(C)c(Cl)c3)[C@H]3C=C[C@@]2(O3)[C@@H]1C(=O)N[C@@H]1CCC[C@@H](C)[C@@H]1C. The lowest BCUT2D eigenvalue weighted by atomic mass is 9.73. The minimum absolute atomic E-state index is 0.0463. The third-order valence-electron chi connectivity index (χ3n) is 9.29. The van der Waals surface area contributed by atoms with Gasteiger partial charge in [0.15, 0.2) is 0 Å². The first-order chi connectivity index (χ1) is 18.7. The molecule has 0 unspecified atom stereocenters. The Morgan fingerprint density at radius 1 is 1.23 bits per heavy atom. The van der Waals surface area contributed by atoms with Gasteiger partial charge in [-0.05, 0) is 56.2 Å². The lowest BCUT2D eigenvalue weighted by Gasteiger charge is -2.38. The van der Waals surface area contributed by atoms with E-state index in [1.54, 1.807) is 17.0 Å². The van der Waals surface area contributed by atoms with Crippen molar-refractivity contribution < 1.29 is 23.9 Å². The molecule has 3 heterocycles. The van der Waals surface area contributed by atoms with E-state index in [9.17, 15) is 14.4 Å². The number of amides is 3. The molecule has 2 N–H and O–H groups in total. The van der Waals surface area contributed by atoms with Crippen LogP contribution in [0.5, 0.6) is 0 Å². The minimum Gasteiger partial charge on any atom is -0.382 e. The fourth-order valence-corrected chi connectivity index (χ4v) is 7.11. The van der Waals surface area contributed by atoms with E-state index in [0.717, 1.165) is 24.8 Å². The summed E-state index contributed by atoms with van der Waals surface area (Å²) in [7, 11) is 0. The molecule has 1 aromatic carbocycles. The molecule has 3 amide bonds. The smallest absolute Gasteiger partial charge is 0.246 e. The van der Waals surface area contributed by atoms with Crippen LogP contribution in [0.15, 0.2) is 30.4 Å². The van der Waals surface area contributed by atoms with Crippen molar-refractivity contribution in [2.75, 3.05) is 25.1 Å². The Kier molecular flexibility index (Phi) is 8.09. The number of fused-ring (bicyclic) bond motifs is 1. The summed E-state index contributed by atoms with van der Waals surface area (Å²) in [4.78, 5) is 43.3. The monoisotopic (exact) mass is 557 g/mol. The van der Waals surface area contributed by atoms with Gasteiger partial charge in [-0.2, -0.15) is 0 Å². The van der Waals surface area contributed by atoms with Crippen LogP contribution < -0.4 is 10.6 Å². The average molecular weight is 558 g/mol. The second-order valence-electron chi connectivity index (χ2n) is 11.6. The highest BCUT2D eigenvalue weighted by Gasteiger charge is 2.72. The highest BCUT2D eigenvalue weighted by Crippen LogP contribution is 2.55. The zero-order chi connectivity index (χ0) is 27.9. The topological polar surface area (TPSA) is 97.0 Å². The zero-order valence-corrected chi connectivity index (χ0v) is 24.0. The number of aryl methyl sites for hydroxylation is 1. The van der Waals surface area contributed by atoms with E-state index in [1.807, 2.05) is 32.1 Å². The molecular weight excluding hydrogens is 518 g/mol. The molecule has 4 aliphatic rings. The first kappa shape index (κ1) is 28.1. The minimum atomic E-state index is -1.17. The molecule has 2 bridgehead atoms. The van der Waals surface area contributed by atoms with Gasteiger partial charge in [0.05, 0.1) is 17.9 Å². The highest BCUT2D eigenvalue weighted by molar-refractivity contribution is 6.31. The van der Waals surface area contributed by atoms with Crippen LogP contribution in [0.2, 0.25) is 5.02 Å². The van der Waals surface area contributed by atoms with Gasteiger partial charge < -0.3 is 25.0 Å². The molecule has 8 atom stereocenters. The van der Waals surface area contributed by atoms with Gasteiger partial charge in [0.2, 0.25) is 17.7 Å². The molecule has 0 radical (unpaired) electrons. The van der Waals surface area contributed by atoms with Gasteiger partial charge >= 0.3 is 0 Å². The summed E-state index contributed by atoms with van der Waals surface area (Å²) in [6.45, 7) is 9.66. The fourth-order valence-electron chi connectivity index (χ4n) is 6.93. The first-order valence-corrected chi connectivity index (χ1v) is 14.7. The standard InChI is InChI=1S/C30H40ClN3O5/c1-5-38-15-7-14-34-26(28(36)33-22-9-6-8-17(2)19(22)4)30-13-12-23(39-30)24(25(30)29(34)37)27(35)32-20-11-10-18(3)21(31)16-20/h10-13,16-17,19,22-26H,5-9,14-15H2,1-4H3,(H,32,35)(H,33,36)/t17-,19+,22-,23-,24-,25-,26+,30+/m1/s1. The van der Waals surface area contributed by atoms with Crippen molar-refractivity contribution in [1.82, 2.24) is 10.2 Å². The van der Waals surface area contributed by atoms with Gasteiger partial charge in [0.25, 0.3) is 0 Å². The van der Waals surface area contributed by atoms with Crippen molar-refractivity contribution in [1.29, 1.82) is 0 Å². The first-order valence-electron chi connectivity index (χ1n) is 14.3. The van der Waals surface area contributed by atoms with Gasteiger partial charge in [0.1, 0.15) is 11.6 Å². The fraction of sp³-hybridized carbons (Fsp3) is 0.633. The van der Waals surface area contributed by atoms with E-state index in [2.05, 4.69) is 24.5 Å². The lowest BCUT2D eigenvalue weighted by molar-refractivity contribution is -0.141. The van der Waals surface area contributed by atoms with Crippen LogP contribution in [0.3, 0.4) is 0 Å². The van der Waals surface area contributed by atoms with E-state index >= 15 is 0 Å². The summed E-state index contributed by atoms with van der Waals surface area (Å²) in [5, 5.41) is 6.77. The van der Waals surface area contributed by atoms with Gasteiger partial charge in [-0.15, -0.1) is 0 Å². The molecule has 1 aliphatic carbocycles. The van der Waals surface area contributed by atoms with Crippen LogP contribution in [0, 0.1) is 30.6 Å². The maximum Gasteiger partial charge on any atom is 0.246 e. The van der Waals surface area contributed by atoms with Crippen molar-refractivity contribution in [2.24, 2.45) is 23.7 Å². The largest absolute Gasteiger partial charge is 0.382 e. The molecule has 1 spiro atoms. The molecule has 3 fully saturated rings. The second kappa shape index (κ2) is 11.2. The molecule has 8 nitrogen and oxygen atoms in total. The number of anilines is 1. The quantitative estimate of drug-likeness (QED) is 0.352. The summed E-state index contributed by atoms with van der Waals surface area (Å²) in [6.07, 6.45) is 6.85. The third-order valence-corrected chi connectivity index (χ3v) is 9.70. The third kappa shape index (κ3) is 5.00. The van der Waals surface area contributed by atoms with Crippen LogP contribution >= 0.6 is 11.6 Å². The number of nitrogens with zero attached hydrogens (tertiary/aromatic N) is 1. The Balaban J connectivity index is 1.41. The van der Waals surface area contributed by atoms with Gasteiger partial charge in [-0.3, -0.25) is 14.4 Å². The number of halogens is 1. The van der Waals surface area contributed by atoms with E-state index in [0.29, 0.717) is 48.7 Å². The second-order valence-corrected chi connectivity index (χ2v) is 12.0. The van der Waals surface area contributed by atoms with Crippen molar-refractivity contribution in [2.45, 2.75) is 77.2 Å². The summed E-state index contributed by atoms with van der Waals surface area (Å²) < 4.78 is 12.0. The van der Waals surface area contributed by atoms with Crippen LogP contribution in [-0.2, 0) is 23.9 Å². The predicted molar refractivity (Wildman–Crippen MR) is 149 cm³/mol. The van der Waals surface area contributed by atoms with Crippen LogP contribution in [0.4, 0.5) is 5.69 Å². The molecule has 3 aliphatic heterocycles. The van der Waals surface area contributed by atoms with E-state index in [-0.39, 0.29) is 23.8 Å². The normalized spacial score (nSPS) is 34.8.